The van der Waals surface area contributed by atoms with Crippen molar-refractivity contribution < 1.29 is 9.90 Å². The molecule has 0 bridgehead atoms. The number of nitrogens with zero attached hydrogens (tertiary/aromatic N) is 3. The number of carboxylic acids is 1. The highest BCUT2D eigenvalue weighted by molar-refractivity contribution is 7.99. The van der Waals surface area contributed by atoms with E-state index in [9.17, 15) is 9.59 Å². The standard InChI is InChI=1S/C13H14N4O3S/c1-7-4-10(18)9(5-14-7)12-15-16-13(21-6-11(19)20)17(12)8-2-3-8/h4-5,8H,2-3,6H2,1H3,(H,14,18)(H,19,20). The van der Waals surface area contributed by atoms with Crippen LogP contribution in [0, 0.1) is 6.92 Å². The van der Waals surface area contributed by atoms with Crippen LogP contribution in [0.1, 0.15) is 24.6 Å². The van der Waals surface area contributed by atoms with E-state index >= 15 is 0 Å². The third-order valence-electron chi connectivity index (χ3n) is 3.20. The maximum Gasteiger partial charge on any atom is 0.313 e. The second-order valence-corrected chi connectivity index (χ2v) is 5.93. The van der Waals surface area contributed by atoms with Gasteiger partial charge in [-0.3, -0.25) is 14.2 Å². The summed E-state index contributed by atoms with van der Waals surface area (Å²) in [5, 5.41) is 17.5. The molecule has 1 aliphatic carbocycles. The van der Waals surface area contributed by atoms with Gasteiger partial charge in [0.15, 0.2) is 16.4 Å². The Balaban J connectivity index is 2.02. The van der Waals surface area contributed by atoms with E-state index in [1.165, 1.54) is 6.07 Å². The number of aromatic amines is 1. The molecular formula is C13H14N4O3S. The van der Waals surface area contributed by atoms with Gasteiger partial charge in [0.2, 0.25) is 0 Å². The van der Waals surface area contributed by atoms with Crippen LogP contribution in [0.4, 0.5) is 0 Å². The number of aryl methyl sites for hydroxylation is 1. The van der Waals surface area contributed by atoms with E-state index in [1.54, 1.807) is 6.20 Å². The third-order valence-corrected chi connectivity index (χ3v) is 4.13. The molecule has 0 aliphatic heterocycles. The van der Waals surface area contributed by atoms with E-state index < -0.39 is 5.97 Å². The first-order valence-corrected chi connectivity index (χ1v) is 7.54. The summed E-state index contributed by atoms with van der Waals surface area (Å²) in [6.07, 6.45) is 3.62. The highest BCUT2D eigenvalue weighted by atomic mass is 32.2. The first-order chi connectivity index (χ1) is 10.1. The summed E-state index contributed by atoms with van der Waals surface area (Å²) in [6.45, 7) is 1.81. The number of hydrogen-bond donors (Lipinski definition) is 2. The van der Waals surface area contributed by atoms with Gasteiger partial charge in [0, 0.05) is 24.0 Å². The molecule has 8 heteroatoms. The Kier molecular flexibility index (Phi) is 3.54. The highest BCUT2D eigenvalue weighted by Gasteiger charge is 2.31. The number of nitrogens with one attached hydrogen (secondary N) is 1. The number of rotatable bonds is 5. The Labute approximate surface area is 124 Å². The van der Waals surface area contributed by atoms with E-state index in [0.717, 1.165) is 30.3 Å². The molecule has 21 heavy (non-hydrogen) atoms. The predicted octanol–water partition coefficient (Wildman–Crippen LogP) is 1.45. The number of thioether (sulfide) groups is 1. The summed E-state index contributed by atoms with van der Waals surface area (Å²) in [5.41, 5.74) is 1.12. The lowest BCUT2D eigenvalue weighted by molar-refractivity contribution is -0.133. The number of pyridine rings is 1. The average Bonchev–Trinajstić information content (AvgIpc) is 3.17. The molecule has 1 aliphatic rings. The maximum atomic E-state index is 12.1. The molecule has 2 heterocycles. The van der Waals surface area contributed by atoms with Gasteiger partial charge in [-0.15, -0.1) is 10.2 Å². The average molecular weight is 306 g/mol. The predicted molar refractivity (Wildman–Crippen MR) is 77.4 cm³/mol. The zero-order valence-corrected chi connectivity index (χ0v) is 12.2. The van der Waals surface area contributed by atoms with Gasteiger partial charge in [0.1, 0.15) is 0 Å². The minimum Gasteiger partial charge on any atom is -0.481 e. The molecule has 7 nitrogen and oxygen atoms in total. The first kappa shape index (κ1) is 13.9. The number of aromatic nitrogens is 4. The van der Waals surface area contributed by atoms with Crippen molar-refractivity contribution in [3.8, 4) is 11.4 Å². The van der Waals surface area contributed by atoms with E-state index in [4.69, 9.17) is 5.11 Å². The Hall–Kier alpha value is -2.09. The Morgan fingerprint density at radius 1 is 1.52 bits per heavy atom. The van der Waals surface area contributed by atoms with Gasteiger partial charge in [-0.2, -0.15) is 0 Å². The Morgan fingerprint density at radius 3 is 2.90 bits per heavy atom. The third kappa shape index (κ3) is 2.85. The molecule has 1 fully saturated rings. The minimum absolute atomic E-state index is 0.0743. The molecule has 0 radical (unpaired) electrons. The number of H-pyrrole nitrogens is 1. The van der Waals surface area contributed by atoms with Gasteiger partial charge in [0.05, 0.1) is 11.3 Å². The van der Waals surface area contributed by atoms with Gasteiger partial charge in [-0.05, 0) is 19.8 Å². The summed E-state index contributed by atoms with van der Waals surface area (Å²) >= 11 is 1.13. The van der Waals surface area contributed by atoms with Crippen molar-refractivity contribution in [3.05, 3.63) is 28.2 Å². The van der Waals surface area contributed by atoms with Gasteiger partial charge in [0.25, 0.3) is 0 Å². The van der Waals surface area contributed by atoms with Crippen LogP contribution in [0.15, 0.2) is 22.2 Å². The highest BCUT2D eigenvalue weighted by Crippen LogP contribution is 2.40. The molecule has 110 valence electrons. The minimum atomic E-state index is -0.903. The van der Waals surface area contributed by atoms with Crippen LogP contribution in [-0.2, 0) is 4.79 Å². The number of aliphatic carboxylic acids is 1. The van der Waals surface area contributed by atoms with Crippen molar-refractivity contribution in [2.75, 3.05) is 5.75 Å². The van der Waals surface area contributed by atoms with E-state index in [2.05, 4.69) is 15.2 Å². The lowest BCUT2D eigenvalue weighted by Gasteiger charge is -2.07. The fourth-order valence-corrected chi connectivity index (χ4v) is 2.82. The van der Waals surface area contributed by atoms with Crippen LogP contribution < -0.4 is 5.43 Å². The number of hydrogen-bond acceptors (Lipinski definition) is 5. The van der Waals surface area contributed by atoms with Crippen molar-refractivity contribution >= 4 is 17.7 Å². The lowest BCUT2D eigenvalue weighted by atomic mass is 10.2. The molecule has 2 N–H and O–H groups in total. The van der Waals surface area contributed by atoms with Crippen LogP contribution in [-0.4, -0.2) is 36.6 Å². The first-order valence-electron chi connectivity index (χ1n) is 6.55. The Morgan fingerprint density at radius 2 is 2.29 bits per heavy atom. The molecule has 2 aromatic rings. The van der Waals surface area contributed by atoms with Crippen molar-refractivity contribution in [1.82, 2.24) is 19.7 Å². The quantitative estimate of drug-likeness (QED) is 0.811. The van der Waals surface area contributed by atoms with Crippen molar-refractivity contribution in [2.24, 2.45) is 0 Å². The van der Waals surface area contributed by atoms with Crippen LogP contribution in [0.25, 0.3) is 11.4 Å². The summed E-state index contributed by atoms with van der Waals surface area (Å²) < 4.78 is 1.88. The molecule has 0 spiro atoms. The molecule has 0 aromatic carbocycles. The summed E-state index contributed by atoms with van der Waals surface area (Å²) in [4.78, 5) is 25.8. The second kappa shape index (κ2) is 5.36. The van der Waals surface area contributed by atoms with Crippen molar-refractivity contribution in [2.45, 2.75) is 31.0 Å². The monoisotopic (exact) mass is 306 g/mol. The van der Waals surface area contributed by atoms with Crippen LogP contribution >= 0.6 is 11.8 Å². The normalized spacial score (nSPS) is 14.3. The second-order valence-electron chi connectivity index (χ2n) is 4.98. The molecule has 3 rings (SSSR count). The fraction of sp³-hybridized carbons (Fsp3) is 0.385. The zero-order valence-electron chi connectivity index (χ0n) is 11.4. The fourth-order valence-electron chi connectivity index (χ4n) is 2.10. The van der Waals surface area contributed by atoms with Crippen LogP contribution in [0.2, 0.25) is 0 Å². The summed E-state index contributed by atoms with van der Waals surface area (Å²) in [5.74, 6) is -0.471. The van der Waals surface area contributed by atoms with Crippen molar-refractivity contribution in [3.63, 3.8) is 0 Å². The van der Waals surface area contributed by atoms with Gasteiger partial charge in [-0.1, -0.05) is 11.8 Å². The number of carboxylic acid groups (broad SMARTS) is 1. The van der Waals surface area contributed by atoms with Gasteiger partial charge in [-0.25, -0.2) is 0 Å². The molecule has 0 atom stereocenters. The van der Waals surface area contributed by atoms with Crippen LogP contribution in [0.5, 0.6) is 0 Å². The number of carbonyl (C=O) groups is 1. The van der Waals surface area contributed by atoms with Gasteiger partial charge < -0.3 is 10.1 Å². The Bertz CT molecular complexity index is 748. The van der Waals surface area contributed by atoms with E-state index in [-0.39, 0.29) is 17.2 Å². The largest absolute Gasteiger partial charge is 0.481 e. The SMILES string of the molecule is Cc1cc(=O)c(-c2nnc(SCC(=O)O)n2C2CC2)c[nH]1. The molecule has 2 aromatic heterocycles. The maximum absolute atomic E-state index is 12.1. The zero-order chi connectivity index (χ0) is 15.0. The van der Waals surface area contributed by atoms with Crippen LogP contribution in [0.3, 0.4) is 0 Å². The lowest BCUT2D eigenvalue weighted by Crippen LogP contribution is -2.10. The van der Waals surface area contributed by atoms with Crippen molar-refractivity contribution in [1.29, 1.82) is 0 Å². The molecule has 0 unspecified atom stereocenters. The topological polar surface area (TPSA) is 101 Å². The molecule has 0 amide bonds. The van der Waals surface area contributed by atoms with E-state index in [0.29, 0.717) is 16.5 Å². The smallest absolute Gasteiger partial charge is 0.313 e. The van der Waals surface area contributed by atoms with E-state index in [1.807, 2.05) is 11.5 Å². The van der Waals surface area contributed by atoms with Gasteiger partial charge >= 0.3 is 5.97 Å². The summed E-state index contributed by atoms with van der Waals surface area (Å²) in [7, 11) is 0. The molecule has 1 saturated carbocycles. The molecular weight excluding hydrogens is 292 g/mol. The molecule has 0 saturated heterocycles. The summed E-state index contributed by atoms with van der Waals surface area (Å²) in [6, 6.07) is 1.78.